The maximum atomic E-state index is 10.1. The van der Waals surface area contributed by atoms with Crippen LogP contribution in [0.25, 0.3) is 0 Å². The van der Waals surface area contributed by atoms with Gasteiger partial charge in [0.25, 0.3) is 8.32 Å². The predicted molar refractivity (Wildman–Crippen MR) is 113 cm³/mol. The largest absolute Gasteiger partial charge is 0.407 e. The van der Waals surface area contributed by atoms with Gasteiger partial charge in [0.2, 0.25) is 0 Å². The third-order valence-corrected chi connectivity index (χ3v) is 10.8. The lowest BCUT2D eigenvalue weighted by Gasteiger charge is -2.44. The molecule has 0 heterocycles. The second-order valence-corrected chi connectivity index (χ2v) is 13.1. The molecule has 0 spiro atoms. The standard InChI is InChI=1S/C23H32O3Si/c1-23(2,3)27(19-10-6-4-7-11-19,20-12-8-5-9-13-20)26-17-18-14-15-21(24)22(25)16-18/h4-13,18,21-22,24-25H,14-17H2,1-3H3/t18?,21-,22+/m1/s1. The Hall–Kier alpha value is -1.46. The van der Waals surface area contributed by atoms with Gasteiger partial charge in [-0.15, -0.1) is 0 Å². The van der Waals surface area contributed by atoms with Gasteiger partial charge in [0.05, 0.1) is 12.2 Å². The van der Waals surface area contributed by atoms with E-state index in [4.69, 9.17) is 4.43 Å². The summed E-state index contributed by atoms with van der Waals surface area (Å²) in [5.41, 5.74) is 0. The van der Waals surface area contributed by atoms with Gasteiger partial charge in [0, 0.05) is 6.61 Å². The third kappa shape index (κ3) is 4.19. The van der Waals surface area contributed by atoms with Gasteiger partial charge in [0.15, 0.2) is 0 Å². The fourth-order valence-corrected chi connectivity index (χ4v) is 9.01. The molecule has 3 atom stereocenters. The van der Waals surface area contributed by atoms with Crippen LogP contribution in [-0.4, -0.2) is 37.3 Å². The van der Waals surface area contributed by atoms with Gasteiger partial charge in [-0.2, -0.15) is 0 Å². The first-order valence-electron chi connectivity index (χ1n) is 9.96. The van der Waals surface area contributed by atoms with Crippen LogP contribution in [0.1, 0.15) is 40.0 Å². The second-order valence-electron chi connectivity index (χ2n) is 8.79. The summed E-state index contributed by atoms with van der Waals surface area (Å²) in [6, 6.07) is 21.3. The first kappa shape index (κ1) is 20.3. The van der Waals surface area contributed by atoms with Gasteiger partial charge in [-0.3, -0.25) is 0 Å². The molecule has 146 valence electrons. The zero-order valence-electron chi connectivity index (χ0n) is 16.6. The van der Waals surface area contributed by atoms with Crippen molar-refractivity contribution in [2.45, 2.75) is 57.3 Å². The molecular formula is C23H32O3Si. The molecule has 0 saturated heterocycles. The van der Waals surface area contributed by atoms with E-state index in [1.54, 1.807) is 0 Å². The number of rotatable bonds is 5. The highest BCUT2D eigenvalue weighted by Crippen LogP contribution is 2.38. The number of hydrogen-bond acceptors (Lipinski definition) is 3. The summed E-state index contributed by atoms with van der Waals surface area (Å²) in [4.78, 5) is 0. The van der Waals surface area contributed by atoms with E-state index in [1.165, 1.54) is 10.4 Å². The van der Waals surface area contributed by atoms with Crippen molar-refractivity contribution >= 4 is 18.7 Å². The summed E-state index contributed by atoms with van der Waals surface area (Å²) in [6.07, 6.45) is 0.937. The normalized spacial score (nSPS) is 24.0. The molecule has 1 fully saturated rings. The summed E-state index contributed by atoms with van der Waals surface area (Å²) >= 11 is 0. The van der Waals surface area contributed by atoms with Gasteiger partial charge in [-0.25, -0.2) is 0 Å². The molecule has 27 heavy (non-hydrogen) atoms. The minimum absolute atomic E-state index is 0.0392. The van der Waals surface area contributed by atoms with Crippen LogP contribution in [0.4, 0.5) is 0 Å². The van der Waals surface area contributed by atoms with E-state index in [9.17, 15) is 10.2 Å². The molecule has 0 amide bonds. The smallest absolute Gasteiger partial charge is 0.261 e. The van der Waals surface area contributed by atoms with Crippen LogP contribution in [-0.2, 0) is 4.43 Å². The van der Waals surface area contributed by atoms with Gasteiger partial charge in [-0.1, -0.05) is 81.4 Å². The number of hydrogen-bond donors (Lipinski definition) is 2. The van der Waals surface area contributed by atoms with E-state index < -0.39 is 20.5 Å². The average Bonchev–Trinajstić information content (AvgIpc) is 2.66. The Labute approximate surface area is 164 Å². The maximum absolute atomic E-state index is 10.1. The highest BCUT2D eigenvalue weighted by molar-refractivity contribution is 6.99. The van der Waals surface area contributed by atoms with Gasteiger partial charge < -0.3 is 14.6 Å². The van der Waals surface area contributed by atoms with E-state index in [0.29, 0.717) is 19.4 Å². The molecule has 3 nitrogen and oxygen atoms in total. The minimum Gasteiger partial charge on any atom is -0.407 e. The fourth-order valence-electron chi connectivity index (χ4n) is 4.37. The number of aliphatic hydroxyl groups is 2. The first-order valence-corrected chi connectivity index (χ1v) is 11.9. The summed E-state index contributed by atoms with van der Waals surface area (Å²) in [6.45, 7) is 7.45. The first-order chi connectivity index (χ1) is 12.8. The second kappa shape index (κ2) is 8.27. The third-order valence-electron chi connectivity index (χ3n) is 5.84. The van der Waals surface area contributed by atoms with Gasteiger partial charge in [0.1, 0.15) is 0 Å². The Bertz CT molecular complexity index is 672. The molecule has 1 saturated carbocycles. The molecule has 0 aromatic heterocycles. The van der Waals surface area contributed by atoms with Crippen molar-refractivity contribution in [1.82, 2.24) is 0 Å². The zero-order valence-corrected chi connectivity index (χ0v) is 17.6. The molecule has 2 N–H and O–H groups in total. The summed E-state index contributed by atoms with van der Waals surface area (Å²) in [5.74, 6) is 0.282. The molecule has 4 heteroatoms. The van der Waals surface area contributed by atoms with Gasteiger partial charge in [-0.05, 0) is 40.6 Å². The summed E-state index contributed by atoms with van der Waals surface area (Å²) in [7, 11) is -2.52. The number of benzene rings is 2. The topological polar surface area (TPSA) is 49.7 Å². The van der Waals surface area contributed by atoms with Crippen LogP contribution in [0.5, 0.6) is 0 Å². The Kier molecular flexibility index (Phi) is 6.21. The maximum Gasteiger partial charge on any atom is 0.261 e. The molecular weight excluding hydrogens is 352 g/mol. The van der Waals surface area contributed by atoms with Crippen LogP contribution in [0, 0.1) is 5.92 Å². The van der Waals surface area contributed by atoms with E-state index in [2.05, 4.69) is 81.4 Å². The van der Waals surface area contributed by atoms with Crippen LogP contribution in [0.15, 0.2) is 60.7 Å². The zero-order chi connectivity index (χ0) is 19.5. The predicted octanol–water partition coefficient (Wildman–Crippen LogP) is 3.08. The molecule has 2 aromatic carbocycles. The fraction of sp³-hybridized carbons (Fsp3) is 0.478. The molecule has 1 aliphatic carbocycles. The van der Waals surface area contributed by atoms with E-state index in [0.717, 1.165) is 6.42 Å². The number of aliphatic hydroxyl groups excluding tert-OH is 2. The Morgan fingerprint density at radius 3 is 1.81 bits per heavy atom. The van der Waals surface area contributed by atoms with E-state index in [1.807, 2.05) is 0 Å². The average molecular weight is 385 g/mol. The van der Waals surface area contributed by atoms with Crippen molar-refractivity contribution in [3.63, 3.8) is 0 Å². The van der Waals surface area contributed by atoms with Crippen LogP contribution < -0.4 is 10.4 Å². The van der Waals surface area contributed by atoms with Crippen LogP contribution in [0.3, 0.4) is 0 Å². The molecule has 0 radical (unpaired) electrons. The molecule has 0 bridgehead atoms. The molecule has 3 rings (SSSR count). The highest BCUT2D eigenvalue weighted by atomic mass is 28.4. The van der Waals surface area contributed by atoms with Gasteiger partial charge >= 0.3 is 0 Å². The summed E-state index contributed by atoms with van der Waals surface area (Å²) in [5, 5.41) is 22.4. The Morgan fingerprint density at radius 2 is 1.37 bits per heavy atom. The Morgan fingerprint density at radius 1 is 0.852 bits per heavy atom. The summed E-state index contributed by atoms with van der Waals surface area (Å²) < 4.78 is 6.94. The quantitative estimate of drug-likeness (QED) is 0.779. The van der Waals surface area contributed by atoms with Crippen molar-refractivity contribution in [3.8, 4) is 0 Å². The lowest BCUT2D eigenvalue weighted by atomic mass is 9.86. The van der Waals surface area contributed by atoms with Crippen LogP contribution in [0.2, 0.25) is 5.04 Å². The van der Waals surface area contributed by atoms with Crippen LogP contribution >= 0.6 is 0 Å². The van der Waals surface area contributed by atoms with Crippen molar-refractivity contribution in [2.24, 2.45) is 5.92 Å². The van der Waals surface area contributed by atoms with Crippen molar-refractivity contribution in [2.75, 3.05) is 6.61 Å². The highest BCUT2D eigenvalue weighted by Gasteiger charge is 2.50. The molecule has 2 aromatic rings. The lowest BCUT2D eigenvalue weighted by Crippen LogP contribution is -2.67. The van der Waals surface area contributed by atoms with Crippen molar-refractivity contribution in [3.05, 3.63) is 60.7 Å². The van der Waals surface area contributed by atoms with E-state index >= 15 is 0 Å². The SMILES string of the molecule is CC(C)(C)[Si](OCC1CC[C@@H](O)[C@@H](O)C1)(c1ccccc1)c1ccccc1. The van der Waals surface area contributed by atoms with E-state index in [-0.39, 0.29) is 11.0 Å². The monoisotopic (exact) mass is 384 g/mol. The Balaban J connectivity index is 1.97. The van der Waals surface area contributed by atoms with Crippen molar-refractivity contribution in [1.29, 1.82) is 0 Å². The molecule has 1 unspecified atom stereocenters. The molecule has 1 aliphatic rings. The molecule has 0 aliphatic heterocycles. The minimum atomic E-state index is -2.52. The van der Waals surface area contributed by atoms with Crippen molar-refractivity contribution < 1.29 is 14.6 Å². The lowest BCUT2D eigenvalue weighted by molar-refractivity contribution is -0.0322.